The van der Waals surface area contributed by atoms with Crippen molar-refractivity contribution in [3.63, 3.8) is 0 Å². The third kappa shape index (κ3) is 3.65. The molecule has 4 rings (SSSR count). The van der Waals surface area contributed by atoms with E-state index in [9.17, 15) is 4.79 Å². The molecule has 1 heterocycles. The van der Waals surface area contributed by atoms with E-state index in [1.165, 1.54) is 10.6 Å². The first-order chi connectivity index (χ1) is 14.1. The second-order valence-electron chi connectivity index (χ2n) is 8.04. The topological polar surface area (TPSA) is 59.2 Å². The highest BCUT2D eigenvalue weighted by molar-refractivity contribution is 6.07. The van der Waals surface area contributed by atoms with Gasteiger partial charge in [0.1, 0.15) is 0 Å². The van der Waals surface area contributed by atoms with E-state index in [-0.39, 0.29) is 17.9 Å². The molecule has 0 aliphatic heterocycles. The number of nitrogens with zero attached hydrogens (tertiary/aromatic N) is 2. The fraction of sp³-hybridized carbons (Fsp3) is 0.360. The van der Waals surface area contributed by atoms with E-state index in [1.807, 2.05) is 37.3 Å². The average Bonchev–Trinajstić information content (AvgIpc) is 3.29. The van der Waals surface area contributed by atoms with Gasteiger partial charge < -0.3 is 0 Å². The molecule has 3 aromatic rings. The third-order valence-corrected chi connectivity index (χ3v) is 6.28. The van der Waals surface area contributed by atoms with Gasteiger partial charge in [-0.1, -0.05) is 68.3 Å². The van der Waals surface area contributed by atoms with Crippen LogP contribution in [0.2, 0.25) is 0 Å². The third-order valence-electron chi connectivity index (χ3n) is 6.28. The quantitative estimate of drug-likeness (QED) is 0.365. The molecule has 1 fully saturated rings. The molecule has 1 aliphatic rings. The summed E-state index contributed by atoms with van der Waals surface area (Å²) in [6.07, 6.45) is 5.16. The zero-order valence-corrected chi connectivity index (χ0v) is 17.3. The summed E-state index contributed by atoms with van der Waals surface area (Å²) in [6.45, 7) is 4.19. The molecule has 0 radical (unpaired) electrons. The number of hydrogen-bond donors (Lipinski definition) is 1. The Morgan fingerprint density at radius 3 is 2.45 bits per heavy atom. The molecule has 1 aromatic heterocycles. The zero-order chi connectivity index (χ0) is 20.4. The van der Waals surface area contributed by atoms with E-state index in [0.717, 1.165) is 54.3 Å². The lowest BCUT2D eigenvalue weighted by Gasteiger charge is -2.26. The monoisotopic (exact) mass is 387 g/mol. The van der Waals surface area contributed by atoms with Crippen molar-refractivity contribution in [2.45, 2.75) is 57.9 Å². The SMILES string of the molecule is CCC(c1ccccc1)c1nc2ccccc2c(C(=O)N(N)C2CCCC2)c1C. The summed E-state index contributed by atoms with van der Waals surface area (Å²) < 4.78 is 0. The van der Waals surface area contributed by atoms with Gasteiger partial charge in [-0.25, -0.2) is 5.84 Å². The molecule has 0 bridgehead atoms. The lowest BCUT2D eigenvalue weighted by molar-refractivity contribution is 0.0682. The number of aromatic nitrogens is 1. The van der Waals surface area contributed by atoms with Crippen LogP contribution in [0.4, 0.5) is 0 Å². The predicted molar refractivity (Wildman–Crippen MR) is 118 cm³/mol. The van der Waals surface area contributed by atoms with Gasteiger partial charge in [0, 0.05) is 17.3 Å². The maximum atomic E-state index is 13.5. The Labute approximate surface area is 172 Å². The van der Waals surface area contributed by atoms with Crippen LogP contribution in [0.1, 0.15) is 72.1 Å². The van der Waals surface area contributed by atoms with Crippen molar-refractivity contribution < 1.29 is 4.79 Å². The van der Waals surface area contributed by atoms with Crippen LogP contribution in [0.25, 0.3) is 10.9 Å². The number of carbonyl (C=O) groups excluding carboxylic acids is 1. The van der Waals surface area contributed by atoms with Gasteiger partial charge in [-0.3, -0.25) is 14.8 Å². The number of benzene rings is 2. The van der Waals surface area contributed by atoms with Gasteiger partial charge in [-0.15, -0.1) is 0 Å². The number of fused-ring (bicyclic) bond motifs is 1. The Kier molecular flexibility index (Phi) is 5.63. The van der Waals surface area contributed by atoms with Crippen LogP contribution >= 0.6 is 0 Å². The summed E-state index contributed by atoms with van der Waals surface area (Å²) in [7, 11) is 0. The molecule has 1 aliphatic carbocycles. The van der Waals surface area contributed by atoms with Gasteiger partial charge >= 0.3 is 0 Å². The Morgan fingerprint density at radius 2 is 1.76 bits per heavy atom. The highest BCUT2D eigenvalue weighted by Gasteiger charge is 2.29. The van der Waals surface area contributed by atoms with E-state index in [1.54, 1.807) is 0 Å². The number of hydrogen-bond acceptors (Lipinski definition) is 3. The fourth-order valence-electron chi connectivity index (χ4n) is 4.69. The van der Waals surface area contributed by atoms with E-state index in [4.69, 9.17) is 10.8 Å². The molecule has 1 unspecified atom stereocenters. The number of hydrazine groups is 1. The van der Waals surface area contributed by atoms with Crippen LogP contribution < -0.4 is 5.84 Å². The first kappa shape index (κ1) is 19.6. The van der Waals surface area contributed by atoms with Crippen molar-refractivity contribution in [2.75, 3.05) is 0 Å². The van der Waals surface area contributed by atoms with Gasteiger partial charge in [-0.05, 0) is 43.4 Å². The Morgan fingerprint density at radius 1 is 1.10 bits per heavy atom. The van der Waals surface area contributed by atoms with E-state index in [2.05, 4.69) is 31.2 Å². The van der Waals surface area contributed by atoms with Gasteiger partial charge in [0.25, 0.3) is 5.91 Å². The summed E-state index contributed by atoms with van der Waals surface area (Å²) >= 11 is 0. The molecular formula is C25H29N3O. The van der Waals surface area contributed by atoms with Gasteiger partial charge in [0.2, 0.25) is 0 Å². The van der Waals surface area contributed by atoms with Crippen LogP contribution in [0.3, 0.4) is 0 Å². The second kappa shape index (κ2) is 8.34. The number of rotatable bonds is 5. The van der Waals surface area contributed by atoms with Crippen molar-refractivity contribution in [3.05, 3.63) is 77.0 Å². The maximum absolute atomic E-state index is 13.5. The van der Waals surface area contributed by atoms with Crippen LogP contribution in [0, 0.1) is 6.92 Å². The van der Waals surface area contributed by atoms with E-state index >= 15 is 0 Å². The first-order valence-corrected chi connectivity index (χ1v) is 10.6. The second-order valence-corrected chi connectivity index (χ2v) is 8.04. The minimum atomic E-state index is -0.0860. The minimum absolute atomic E-state index is 0.0860. The number of pyridine rings is 1. The summed E-state index contributed by atoms with van der Waals surface area (Å²) in [6, 6.07) is 18.5. The van der Waals surface area contributed by atoms with Crippen LogP contribution in [0.5, 0.6) is 0 Å². The Hall–Kier alpha value is -2.72. The first-order valence-electron chi connectivity index (χ1n) is 10.6. The van der Waals surface area contributed by atoms with Crippen LogP contribution in [-0.2, 0) is 0 Å². The molecule has 29 heavy (non-hydrogen) atoms. The lowest BCUT2D eigenvalue weighted by Crippen LogP contribution is -2.44. The molecule has 1 saturated carbocycles. The standard InChI is InChI=1S/C25H29N3O/c1-3-20(18-11-5-4-6-12-18)24-17(2)23(21-15-9-10-16-22(21)27-24)25(29)28(26)19-13-7-8-14-19/h4-6,9-12,15-16,19-20H,3,7-8,13-14,26H2,1-2H3. The molecule has 0 spiro atoms. The number of para-hydroxylation sites is 1. The molecule has 0 saturated heterocycles. The van der Waals surface area contributed by atoms with E-state index < -0.39 is 0 Å². The molecule has 1 atom stereocenters. The molecule has 150 valence electrons. The molecule has 1 amide bonds. The van der Waals surface area contributed by atoms with Gasteiger partial charge in [0.15, 0.2) is 0 Å². The fourth-order valence-corrected chi connectivity index (χ4v) is 4.69. The molecular weight excluding hydrogens is 358 g/mol. The van der Waals surface area contributed by atoms with E-state index in [0.29, 0.717) is 5.56 Å². The summed E-state index contributed by atoms with van der Waals surface area (Å²) in [4.78, 5) is 18.5. The van der Waals surface area contributed by atoms with Crippen molar-refractivity contribution in [2.24, 2.45) is 5.84 Å². The Bertz CT molecular complexity index is 1010. The summed E-state index contributed by atoms with van der Waals surface area (Å²) in [5, 5.41) is 2.37. The smallest absolute Gasteiger partial charge is 0.269 e. The predicted octanol–water partition coefficient (Wildman–Crippen LogP) is 5.34. The molecule has 2 aromatic carbocycles. The normalized spacial score (nSPS) is 15.6. The lowest BCUT2D eigenvalue weighted by atomic mass is 9.87. The van der Waals surface area contributed by atoms with Gasteiger partial charge in [-0.2, -0.15) is 0 Å². The summed E-state index contributed by atoms with van der Waals surface area (Å²) in [5.74, 6) is 6.41. The maximum Gasteiger partial charge on any atom is 0.269 e. The molecule has 4 heteroatoms. The zero-order valence-electron chi connectivity index (χ0n) is 17.3. The minimum Gasteiger partial charge on any atom is -0.273 e. The van der Waals surface area contributed by atoms with Crippen LogP contribution in [-0.4, -0.2) is 21.9 Å². The molecule has 4 nitrogen and oxygen atoms in total. The number of amides is 1. The number of nitrogens with two attached hydrogens (primary N) is 1. The summed E-state index contributed by atoms with van der Waals surface area (Å²) in [5.41, 5.74) is 4.69. The highest BCUT2D eigenvalue weighted by atomic mass is 16.2. The largest absolute Gasteiger partial charge is 0.273 e. The Balaban J connectivity index is 1.87. The van der Waals surface area contributed by atoms with Crippen molar-refractivity contribution in [3.8, 4) is 0 Å². The van der Waals surface area contributed by atoms with Crippen molar-refractivity contribution in [1.82, 2.24) is 9.99 Å². The molecule has 2 N–H and O–H groups in total. The van der Waals surface area contributed by atoms with Crippen molar-refractivity contribution in [1.29, 1.82) is 0 Å². The van der Waals surface area contributed by atoms with Crippen molar-refractivity contribution >= 4 is 16.8 Å². The average molecular weight is 388 g/mol. The number of carbonyl (C=O) groups is 1. The highest BCUT2D eigenvalue weighted by Crippen LogP contribution is 2.34. The van der Waals surface area contributed by atoms with Crippen LogP contribution in [0.15, 0.2) is 54.6 Å². The van der Waals surface area contributed by atoms with Gasteiger partial charge in [0.05, 0.1) is 16.8 Å².